The zero-order valence-corrected chi connectivity index (χ0v) is 11.1. The topological polar surface area (TPSA) is 12.4 Å². The van der Waals surface area contributed by atoms with E-state index in [1.54, 1.807) is 0 Å². The van der Waals surface area contributed by atoms with Crippen molar-refractivity contribution < 1.29 is 0 Å². The Morgan fingerprint density at radius 2 is 1.87 bits per heavy atom. The van der Waals surface area contributed by atoms with E-state index in [9.17, 15) is 0 Å². The fraction of sp³-hybridized carbons (Fsp3) is 0.500. The fourth-order valence-electron chi connectivity index (χ4n) is 1.20. The van der Waals surface area contributed by atoms with Gasteiger partial charge in [0.25, 0.3) is 0 Å². The summed E-state index contributed by atoms with van der Waals surface area (Å²) in [6.45, 7) is 14.0. The Labute approximate surface area is 95.3 Å². The highest BCUT2D eigenvalue weighted by Gasteiger charge is 2.02. The lowest BCUT2D eigenvalue weighted by atomic mass is 10.0. The molecule has 0 N–H and O–H groups in total. The van der Waals surface area contributed by atoms with Crippen LogP contribution in [0.3, 0.4) is 0 Å². The van der Waals surface area contributed by atoms with Crippen LogP contribution in [0, 0.1) is 0 Å². The maximum atomic E-state index is 4.25. The van der Waals surface area contributed by atoms with Crippen molar-refractivity contribution in [3.63, 3.8) is 0 Å². The van der Waals surface area contributed by atoms with Crippen LogP contribution in [0.15, 0.2) is 40.9 Å². The second-order valence-corrected chi connectivity index (χ2v) is 2.82. The largest absolute Gasteiger partial charge is 0.292 e. The van der Waals surface area contributed by atoms with Crippen LogP contribution < -0.4 is 0 Å². The van der Waals surface area contributed by atoms with E-state index in [4.69, 9.17) is 0 Å². The van der Waals surface area contributed by atoms with E-state index < -0.39 is 0 Å². The van der Waals surface area contributed by atoms with Crippen LogP contribution in [-0.4, -0.2) is 12.8 Å². The zero-order chi connectivity index (χ0) is 12.3. The Bertz CT molecular complexity index is 255. The molecule has 0 heterocycles. The molecule has 0 spiro atoms. The van der Waals surface area contributed by atoms with Gasteiger partial charge < -0.3 is 0 Å². The van der Waals surface area contributed by atoms with Gasteiger partial charge in [-0.25, -0.2) is 0 Å². The molecule has 0 unspecified atom stereocenters. The molecule has 0 amide bonds. The Morgan fingerprint density at radius 1 is 1.33 bits per heavy atom. The van der Waals surface area contributed by atoms with Crippen molar-refractivity contribution in [2.75, 3.05) is 7.05 Å². The van der Waals surface area contributed by atoms with Crippen molar-refractivity contribution in [1.29, 1.82) is 0 Å². The third kappa shape index (κ3) is 6.05. The van der Waals surface area contributed by atoms with Gasteiger partial charge >= 0.3 is 0 Å². The number of rotatable bonds is 4. The Kier molecular flexibility index (Phi) is 11.9. The first-order chi connectivity index (χ1) is 7.21. The van der Waals surface area contributed by atoms with Crippen LogP contribution in [0.1, 0.15) is 41.0 Å². The first-order valence-corrected chi connectivity index (χ1v) is 5.63. The van der Waals surface area contributed by atoms with Gasteiger partial charge in [0, 0.05) is 12.8 Å². The maximum absolute atomic E-state index is 4.25. The third-order valence-corrected chi connectivity index (χ3v) is 1.98. The van der Waals surface area contributed by atoms with Gasteiger partial charge in [-0.3, -0.25) is 4.99 Å². The molecule has 0 radical (unpaired) electrons. The first-order valence-electron chi connectivity index (χ1n) is 5.63. The van der Waals surface area contributed by atoms with E-state index in [2.05, 4.69) is 31.5 Å². The quantitative estimate of drug-likeness (QED) is 0.473. The van der Waals surface area contributed by atoms with Crippen molar-refractivity contribution >= 4 is 5.71 Å². The highest BCUT2D eigenvalue weighted by atomic mass is 14.7. The van der Waals surface area contributed by atoms with Crippen molar-refractivity contribution in [2.45, 2.75) is 41.0 Å². The van der Waals surface area contributed by atoms with Crippen molar-refractivity contribution in [1.82, 2.24) is 0 Å². The normalized spacial score (nSPS) is 13.1. The summed E-state index contributed by atoms with van der Waals surface area (Å²) in [7, 11) is 1.83. The Balaban J connectivity index is 0. The lowest BCUT2D eigenvalue weighted by Crippen LogP contribution is -2.01. The number of nitrogens with zero attached hydrogens (tertiary/aromatic N) is 1. The van der Waals surface area contributed by atoms with Gasteiger partial charge in [0.15, 0.2) is 0 Å². The van der Waals surface area contributed by atoms with Crippen LogP contribution in [0.25, 0.3) is 0 Å². The molecule has 1 nitrogen and oxygen atoms in total. The molecule has 0 saturated heterocycles. The smallest absolute Gasteiger partial charge is 0.0416 e. The van der Waals surface area contributed by atoms with E-state index >= 15 is 0 Å². The summed E-state index contributed by atoms with van der Waals surface area (Å²) in [5.74, 6) is 0. The first kappa shape index (κ1) is 16.3. The van der Waals surface area contributed by atoms with E-state index in [0.717, 1.165) is 12.1 Å². The summed E-state index contributed by atoms with van der Waals surface area (Å²) < 4.78 is 0. The predicted octanol–water partition coefficient (Wildman–Crippen LogP) is 4.57. The Morgan fingerprint density at radius 3 is 2.13 bits per heavy atom. The molecule has 0 aliphatic heterocycles. The SMILES string of the molecule is C=C/C(C)=C(/C=C\C)C(CC)=NC.CC. The minimum atomic E-state index is 0.960. The zero-order valence-electron chi connectivity index (χ0n) is 11.1. The van der Waals surface area contributed by atoms with Crippen LogP contribution in [0.2, 0.25) is 0 Å². The fourth-order valence-corrected chi connectivity index (χ4v) is 1.20. The van der Waals surface area contributed by atoms with E-state index in [1.165, 1.54) is 11.1 Å². The van der Waals surface area contributed by atoms with Gasteiger partial charge in [-0.05, 0) is 31.4 Å². The summed E-state index contributed by atoms with van der Waals surface area (Å²) in [6.07, 6.45) is 6.95. The summed E-state index contributed by atoms with van der Waals surface area (Å²) in [5.41, 5.74) is 3.51. The Hall–Kier alpha value is -1.11. The van der Waals surface area contributed by atoms with Crippen molar-refractivity contribution in [3.8, 4) is 0 Å². The molecule has 0 fully saturated rings. The van der Waals surface area contributed by atoms with Crippen LogP contribution >= 0.6 is 0 Å². The molecule has 0 aromatic carbocycles. The summed E-state index contributed by atoms with van der Waals surface area (Å²) >= 11 is 0. The molecular weight excluding hydrogens is 182 g/mol. The number of allylic oxidation sites excluding steroid dienone is 5. The average molecular weight is 207 g/mol. The van der Waals surface area contributed by atoms with E-state index in [0.29, 0.717) is 0 Å². The second-order valence-electron chi connectivity index (χ2n) is 2.82. The second kappa shape index (κ2) is 11.0. The predicted molar refractivity (Wildman–Crippen MR) is 72.7 cm³/mol. The van der Waals surface area contributed by atoms with Gasteiger partial charge in [-0.2, -0.15) is 0 Å². The van der Waals surface area contributed by atoms with Crippen molar-refractivity contribution in [3.05, 3.63) is 36.0 Å². The standard InChI is InChI=1S/C12H19N.C2H6/c1-6-9-11(10(4)7-2)12(8-3)13-5;1-2/h6-7,9H,2,8H2,1,3-5H3;1-2H3/b9-6-,11-10-,13-12?;. The molecule has 0 aliphatic carbocycles. The maximum Gasteiger partial charge on any atom is 0.0416 e. The highest BCUT2D eigenvalue weighted by Crippen LogP contribution is 2.11. The molecule has 0 atom stereocenters. The molecule has 86 valence electrons. The molecule has 1 heteroatoms. The third-order valence-electron chi connectivity index (χ3n) is 1.98. The molecule has 0 bridgehead atoms. The summed E-state index contributed by atoms with van der Waals surface area (Å²) in [4.78, 5) is 4.25. The van der Waals surface area contributed by atoms with Gasteiger partial charge in [0.2, 0.25) is 0 Å². The van der Waals surface area contributed by atoms with Gasteiger partial charge in [-0.15, -0.1) is 0 Å². The van der Waals surface area contributed by atoms with Gasteiger partial charge in [-0.1, -0.05) is 45.6 Å². The molecule has 0 aromatic heterocycles. The minimum Gasteiger partial charge on any atom is -0.292 e. The average Bonchev–Trinajstić information content (AvgIpc) is 2.31. The lowest BCUT2D eigenvalue weighted by Gasteiger charge is -2.06. The minimum absolute atomic E-state index is 0.960. The molecule has 0 saturated carbocycles. The molecule has 0 rings (SSSR count). The lowest BCUT2D eigenvalue weighted by molar-refractivity contribution is 1.23. The molecule has 0 aliphatic rings. The van der Waals surface area contributed by atoms with Crippen LogP contribution in [0.4, 0.5) is 0 Å². The summed E-state index contributed by atoms with van der Waals surface area (Å²) in [5, 5.41) is 0. The van der Waals surface area contributed by atoms with Crippen LogP contribution in [-0.2, 0) is 0 Å². The van der Waals surface area contributed by atoms with Crippen molar-refractivity contribution in [2.24, 2.45) is 4.99 Å². The molecule has 15 heavy (non-hydrogen) atoms. The summed E-state index contributed by atoms with van der Waals surface area (Å²) in [6, 6.07) is 0. The van der Waals surface area contributed by atoms with E-state index in [1.807, 2.05) is 40.0 Å². The van der Waals surface area contributed by atoms with Crippen LogP contribution in [0.5, 0.6) is 0 Å². The van der Waals surface area contributed by atoms with Gasteiger partial charge in [0.1, 0.15) is 0 Å². The molecule has 0 aromatic rings. The highest BCUT2D eigenvalue weighted by molar-refractivity contribution is 6.03. The number of hydrogen-bond acceptors (Lipinski definition) is 1. The monoisotopic (exact) mass is 207 g/mol. The number of aliphatic imine (C=N–C) groups is 1. The molecular formula is C14H25N. The van der Waals surface area contributed by atoms with E-state index in [-0.39, 0.29) is 0 Å². The number of hydrogen-bond donors (Lipinski definition) is 0. The van der Waals surface area contributed by atoms with Gasteiger partial charge in [0.05, 0.1) is 0 Å².